The predicted molar refractivity (Wildman–Crippen MR) is 73.2 cm³/mol. The Kier molecular flexibility index (Phi) is 3.25. The Labute approximate surface area is 122 Å². The molecule has 0 fully saturated rings. The van der Waals surface area contributed by atoms with Gasteiger partial charge in [-0.3, -0.25) is 0 Å². The third kappa shape index (κ3) is 2.95. The smallest absolute Gasteiger partial charge is 0.405 e. The molecule has 108 valence electrons. The Morgan fingerprint density at radius 2 is 1.86 bits per heavy atom. The Hall–Kier alpha value is -2.21. The normalized spacial score (nSPS) is 11.8. The average molecular weight is 313 g/mol. The minimum atomic E-state index is -4.74. The molecule has 0 bridgehead atoms. The summed E-state index contributed by atoms with van der Waals surface area (Å²) in [6.07, 6.45) is -4.74. The third-order valence-electron chi connectivity index (χ3n) is 2.88. The molecular weight excluding hydrogens is 305 g/mol. The van der Waals surface area contributed by atoms with E-state index < -0.39 is 6.36 Å². The van der Waals surface area contributed by atoms with Crippen LogP contribution in [0.2, 0.25) is 5.28 Å². The van der Waals surface area contributed by atoms with Gasteiger partial charge in [0, 0.05) is 5.56 Å². The van der Waals surface area contributed by atoms with Crippen molar-refractivity contribution in [1.29, 1.82) is 0 Å². The van der Waals surface area contributed by atoms with Crippen LogP contribution >= 0.6 is 11.6 Å². The van der Waals surface area contributed by atoms with Crippen molar-refractivity contribution in [3.8, 4) is 16.9 Å². The molecule has 1 N–H and O–H groups in total. The first-order valence-electron chi connectivity index (χ1n) is 5.93. The maximum atomic E-state index is 12.4. The van der Waals surface area contributed by atoms with Gasteiger partial charge in [-0.1, -0.05) is 24.3 Å². The van der Waals surface area contributed by atoms with Crippen molar-refractivity contribution in [2.24, 2.45) is 0 Å². The summed E-state index contributed by atoms with van der Waals surface area (Å²) in [4.78, 5) is 6.86. The van der Waals surface area contributed by atoms with Crippen molar-refractivity contribution in [3.63, 3.8) is 0 Å². The molecule has 3 nitrogen and oxygen atoms in total. The molecule has 0 atom stereocenters. The van der Waals surface area contributed by atoms with Crippen LogP contribution in [0.1, 0.15) is 0 Å². The lowest BCUT2D eigenvalue weighted by Crippen LogP contribution is -2.17. The molecule has 1 heterocycles. The molecule has 0 amide bonds. The van der Waals surface area contributed by atoms with Gasteiger partial charge in [0.2, 0.25) is 5.28 Å². The highest BCUT2D eigenvalue weighted by atomic mass is 35.5. The Balaban J connectivity index is 2.09. The number of aromatic amines is 1. The van der Waals surface area contributed by atoms with Crippen molar-refractivity contribution >= 4 is 22.6 Å². The second-order valence-electron chi connectivity index (χ2n) is 4.30. The summed E-state index contributed by atoms with van der Waals surface area (Å²) in [6, 6.07) is 11.0. The van der Waals surface area contributed by atoms with Crippen LogP contribution < -0.4 is 4.74 Å². The number of fused-ring (bicyclic) bond motifs is 1. The summed E-state index contributed by atoms with van der Waals surface area (Å²) in [5, 5.41) is 0.224. The van der Waals surface area contributed by atoms with Gasteiger partial charge < -0.3 is 9.72 Å². The van der Waals surface area contributed by atoms with E-state index in [-0.39, 0.29) is 11.0 Å². The number of imidazole rings is 1. The van der Waals surface area contributed by atoms with Crippen LogP contribution in [0.3, 0.4) is 0 Å². The van der Waals surface area contributed by atoms with E-state index >= 15 is 0 Å². The van der Waals surface area contributed by atoms with E-state index in [2.05, 4.69) is 14.7 Å². The van der Waals surface area contributed by atoms with Crippen molar-refractivity contribution < 1.29 is 17.9 Å². The van der Waals surface area contributed by atoms with Gasteiger partial charge in [-0.25, -0.2) is 4.98 Å². The second kappa shape index (κ2) is 4.96. The zero-order valence-electron chi connectivity index (χ0n) is 10.4. The quantitative estimate of drug-likeness (QED) is 0.739. The Morgan fingerprint density at radius 1 is 1.10 bits per heavy atom. The number of benzene rings is 2. The van der Waals surface area contributed by atoms with E-state index in [1.54, 1.807) is 30.3 Å². The van der Waals surface area contributed by atoms with Gasteiger partial charge in [0.15, 0.2) is 0 Å². The topological polar surface area (TPSA) is 37.9 Å². The number of nitrogens with zero attached hydrogens (tertiary/aromatic N) is 1. The number of ether oxygens (including phenoxy) is 1. The number of hydrogen-bond acceptors (Lipinski definition) is 2. The summed E-state index contributed by atoms with van der Waals surface area (Å²) in [6.45, 7) is 0. The molecule has 0 aliphatic heterocycles. The average Bonchev–Trinajstić information content (AvgIpc) is 2.76. The molecule has 0 aliphatic carbocycles. The lowest BCUT2D eigenvalue weighted by molar-refractivity contribution is -0.274. The molecule has 0 radical (unpaired) electrons. The van der Waals surface area contributed by atoms with Crippen molar-refractivity contribution in [2.45, 2.75) is 6.36 Å². The fourth-order valence-electron chi connectivity index (χ4n) is 2.06. The predicted octanol–water partition coefficient (Wildman–Crippen LogP) is 4.78. The second-order valence-corrected chi connectivity index (χ2v) is 4.66. The molecular formula is C14H8ClF3N2O. The van der Waals surface area contributed by atoms with Gasteiger partial charge in [0.25, 0.3) is 0 Å². The maximum absolute atomic E-state index is 12.4. The van der Waals surface area contributed by atoms with Gasteiger partial charge >= 0.3 is 6.36 Å². The Morgan fingerprint density at radius 3 is 2.62 bits per heavy atom. The van der Waals surface area contributed by atoms with Crippen molar-refractivity contribution in [3.05, 3.63) is 47.7 Å². The number of alkyl halides is 3. The summed E-state index contributed by atoms with van der Waals surface area (Å²) in [5.41, 5.74) is 2.18. The van der Waals surface area contributed by atoms with Gasteiger partial charge in [0.05, 0.1) is 11.0 Å². The summed E-state index contributed by atoms with van der Waals surface area (Å²) >= 11 is 5.76. The highest BCUT2D eigenvalue weighted by molar-refractivity contribution is 6.29. The first kappa shape index (κ1) is 13.8. The SMILES string of the molecule is FC(F)(F)Oc1ccccc1-c1ccc2nc(Cl)[nH]c2c1. The number of halogens is 4. The van der Waals surface area contributed by atoms with Gasteiger partial charge in [-0.15, -0.1) is 13.2 Å². The lowest BCUT2D eigenvalue weighted by Gasteiger charge is -2.13. The molecule has 3 aromatic rings. The maximum Gasteiger partial charge on any atom is 0.573 e. The minimum Gasteiger partial charge on any atom is -0.405 e. The van der Waals surface area contributed by atoms with E-state index in [0.717, 1.165) is 0 Å². The number of nitrogens with one attached hydrogen (secondary N) is 1. The van der Waals surface area contributed by atoms with Crippen LogP contribution in [0, 0.1) is 0 Å². The molecule has 0 saturated heterocycles. The van der Waals surface area contributed by atoms with Crippen LogP contribution in [0.15, 0.2) is 42.5 Å². The largest absolute Gasteiger partial charge is 0.573 e. The number of rotatable bonds is 2. The van der Waals surface area contributed by atoms with E-state index in [9.17, 15) is 13.2 Å². The van der Waals surface area contributed by atoms with Crippen LogP contribution in [0.5, 0.6) is 5.75 Å². The molecule has 3 rings (SSSR count). The van der Waals surface area contributed by atoms with Crippen LogP contribution in [-0.2, 0) is 0 Å². The summed E-state index contributed by atoms with van der Waals surface area (Å²) in [7, 11) is 0. The van der Waals surface area contributed by atoms with E-state index in [0.29, 0.717) is 22.2 Å². The van der Waals surface area contributed by atoms with E-state index in [1.807, 2.05) is 0 Å². The zero-order chi connectivity index (χ0) is 15.0. The zero-order valence-corrected chi connectivity index (χ0v) is 11.2. The molecule has 0 saturated carbocycles. The fourth-order valence-corrected chi connectivity index (χ4v) is 2.26. The molecule has 7 heteroatoms. The number of aromatic nitrogens is 2. The Bertz CT molecular complexity index is 798. The minimum absolute atomic E-state index is 0.224. The van der Waals surface area contributed by atoms with Gasteiger partial charge in [-0.05, 0) is 35.4 Å². The van der Waals surface area contributed by atoms with E-state index in [1.165, 1.54) is 12.1 Å². The van der Waals surface area contributed by atoms with Crippen LogP contribution in [0.4, 0.5) is 13.2 Å². The van der Waals surface area contributed by atoms with Crippen LogP contribution in [-0.4, -0.2) is 16.3 Å². The van der Waals surface area contributed by atoms with Crippen molar-refractivity contribution in [2.75, 3.05) is 0 Å². The molecule has 21 heavy (non-hydrogen) atoms. The highest BCUT2D eigenvalue weighted by Gasteiger charge is 2.32. The molecule has 0 spiro atoms. The molecule has 1 aromatic heterocycles. The molecule has 2 aromatic carbocycles. The third-order valence-corrected chi connectivity index (χ3v) is 3.06. The van der Waals surface area contributed by atoms with Crippen molar-refractivity contribution in [1.82, 2.24) is 9.97 Å². The van der Waals surface area contributed by atoms with E-state index in [4.69, 9.17) is 11.6 Å². The molecule has 0 aliphatic rings. The van der Waals surface area contributed by atoms with Gasteiger partial charge in [-0.2, -0.15) is 0 Å². The highest BCUT2D eigenvalue weighted by Crippen LogP contribution is 2.34. The standard InChI is InChI=1S/C14H8ClF3N2O/c15-13-19-10-6-5-8(7-11(10)20-13)9-3-1-2-4-12(9)21-14(16,17)18/h1-7H,(H,19,20). The lowest BCUT2D eigenvalue weighted by atomic mass is 10.0. The molecule has 0 unspecified atom stereocenters. The summed E-state index contributed by atoms with van der Waals surface area (Å²) in [5.74, 6) is -0.255. The number of H-pyrrole nitrogens is 1. The van der Waals surface area contributed by atoms with Crippen LogP contribution in [0.25, 0.3) is 22.2 Å². The number of para-hydroxylation sites is 1. The monoisotopic (exact) mass is 312 g/mol. The fraction of sp³-hybridized carbons (Fsp3) is 0.0714. The van der Waals surface area contributed by atoms with Gasteiger partial charge in [0.1, 0.15) is 5.75 Å². The number of hydrogen-bond donors (Lipinski definition) is 1. The summed E-state index contributed by atoms with van der Waals surface area (Å²) < 4.78 is 41.4. The first-order chi connectivity index (χ1) is 9.92. The first-order valence-corrected chi connectivity index (χ1v) is 6.30.